The summed E-state index contributed by atoms with van der Waals surface area (Å²) in [5.41, 5.74) is 0. The standard InChI is InChI=1S/C11H19N3O/c1-7(2)12-6-10-13-14-11(15-10)8(3)9-4-5-9/h7-9,12H,4-6H2,1-3H3. The molecule has 0 bridgehead atoms. The highest BCUT2D eigenvalue weighted by Crippen LogP contribution is 2.41. The number of nitrogens with one attached hydrogen (secondary N) is 1. The van der Waals surface area contributed by atoms with Crippen LogP contribution in [0.25, 0.3) is 0 Å². The molecule has 4 nitrogen and oxygen atoms in total. The van der Waals surface area contributed by atoms with Crippen LogP contribution in [0.3, 0.4) is 0 Å². The molecule has 4 heteroatoms. The Kier molecular flexibility index (Phi) is 3.05. The smallest absolute Gasteiger partial charge is 0.230 e. The van der Waals surface area contributed by atoms with Crippen molar-refractivity contribution in [3.63, 3.8) is 0 Å². The maximum absolute atomic E-state index is 5.61. The molecule has 1 aromatic heterocycles. The molecule has 1 heterocycles. The Bertz CT molecular complexity index is 317. The monoisotopic (exact) mass is 209 g/mol. The predicted octanol–water partition coefficient (Wildman–Crippen LogP) is 2.08. The second-order valence-corrected chi connectivity index (χ2v) is 4.70. The lowest BCUT2D eigenvalue weighted by Gasteiger charge is -2.04. The van der Waals surface area contributed by atoms with Crippen molar-refractivity contribution in [3.05, 3.63) is 11.8 Å². The van der Waals surface area contributed by atoms with E-state index in [2.05, 4.69) is 36.3 Å². The molecular formula is C11H19N3O. The number of hydrogen-bond donors (Lipinski definition) is 1. The molecule has 1 aliphatic carbocycles. The predicted molar refractivity (Wildman–Crippen MR) is 57.4 cm³/mol. The van der Waals surface area contributed by atoms with Crippen LogP contribution in [0.1, 0.15) is 51.3 Å². The molecule has 0 saturated heterocycles. The first-order chi connectivity index (χ1) is 7.16. The normalized spacial score (nSPS) is 18.4. The first kappa shape index (κ1) is 10.6. The molecule has 0 aliphatic heterocycles. The second kappa shape index (κ2) is 4.31. The zero-order valence-electron chi connectivity index (χ0n) is 9.66. The summed E-state index contributed by atoms with van der Waals surface area (Å²) in [6, 6.07) is 0.446. The zero-order valence-corrected chi connectivity index (χ0v) is 9.66. The molecule has 0 amide bonds. The van der Waals surface area contributed by atoms with Gasteiger partial charge in [-0.3, -0.25) is 0 Å². The SMILES string of the molecule is CC(C)NCc1nnc(C(C)C2CC2)o1. The molecule has 0 spiro atoms. The Balaban J connectivity index is 1.91. The fourth-order valence-electron chi connectivity index (χ4n) is 1.61. The van der Waals surface area contributed by atoms with Crippen LogP contribution in [-0.2, 0) is 6.54 Å². The van der Waals surface area contributed by atoms with E-state index in [0.717, 1.165) is 11.8 Å². The first-order valence-electron chi connectivity index (χ1n) is 5.72. The molecular weight excluding hydrogens is 190 g/mol. The number of aromatic nitrogens is 2. The first-order valence-corrected chi connectivity index (χ1v) is 5.72. The highest BCUT2D eigenvalue weighted by atomic mass is 16.4. The van der Waals surface area contributed by atoms with Gasteiger partial charge in [0.15, 0.2) is 0 Å². The van der Waals surface area contributed by atoms with E-state index in [9.17, 15) is 0 Å². The molecule has 84 valence electrons. The summed E-state index contributed by atoms with van der Waals surface area (Å²) in [6.45, 7) is 7.04. The highest BCUT2D eigenvalue weighted by molar-refractivity contribution is 4.97. The van der Waals surface area contributed by atoms with Gasteiger partial charge in [-0.2, -0.15) is 0 Å². The largest absolute Gasteiger partial charge is 0.424 e. The van der Waals surface area contributed by atoms with Crippen molar-refractivity contribution in [2.75, 3.05) is 0 Å². The molecule has 15 heavy (non-hydrogen) atoms. The Hall–Kier alpha value is -0.900. The van der Waals surface area contributed by atoms with E-state index in [1.165, 1.54) is 12.8 Å². The summed E-state index contributed by atoms with van der Waals surface area (Å²) < 4.78 is 5.61. The summed E-state index contributed by atoms with van der Waals surface area (Å²) >= 11 is 0. The quantitative estimate of drug-likeness (QED) is 0.806. The fourth-order valence-corrected chi connectivity index (χ4v) is 1.61. The van der Waals surface area contributed by atoms with Gasteiger partial charge in [0, 0.05) is 12.0 Å². The molecule has 1 N–H and O–H groups in total. The van der Waals surface area contributed by atoms with Gasteiger partial charge in [0.05, 0.1) is 6.54 Å². The lowest BCUT2D eigenvalue weighted by Crippen LogP contribution is -2.21. The molecule has 1 aliphatic rings. The second-order valence-electron chi connectivity index (χ2n) is 4.70. The Morgan fingerprint density at radius 1 is 1.33 bits per heavy atom. The molecule has 1 atom stereocenters. The van der Waals surface area contributed by atoms with E-state index < -0.39 is 0 Å². The fraction of sp³-hybridized carbons (Fsp3) is 0.818. The van der Waals surface area contributed by atoms with E-state index in [0.29, 0.717) is 24.4 Å². The lowest BCUT2D eigenvalue weighted by atomic mass is 10.1. The molecule has 2 rings (SSSR count). The van der Waals surface area contributed by atoms with E-state index in [1.54, 1.807) is 0 Å². The minimum absolute atomic E-state index is 0.435. The van der Waals surface area contributed by atoms with Crippen LogP contribution in [0.2, 0.25) is 0 Å². The summed E-state index contributed by atoms with van der Waals surface area (Å²) in [5, 5.41) is 11.4. The van der Waals surface area contributed by atoms with Crippen LogP contribution < -0.4 is 5.32 Å². The van der Waals surface area contributed by atoms with Crippen LogP contribution in [-0.4, -0.2) is 16.2 Å². The van der Waals surface area contributed by atoms with Gasteiger partial charge < -0.3 is 9.73 Å². The van der Waals surface area contributed by atoms with Crippen molar-refractivity contribution in [1.82, 2.24) is 15.5 Å². The van der Waals surface area contributed by atoms with Crippen LogP contribution in [0, 0.1) is 5.92 Å². The lowest BCUT2D eigenvalue weighted by molar-refractivity contribution is 0.391. The van der Waals surface area contributed by atoms with Crippen LogP contribution in [0.15, 0.2) is 4.42 Å². The van der Waals surface area contributed by atoms with Gasteiger partial charge in [0.2, 0.25) is 11.8 Å². The summed E-state index contributed by atoms with van der Waals surface area (Å²) in [4.78, 5) is 0. The van der Waals surface area contributed by atoms with Crippen molar-refractivity contribution in [3.8, 4) is 0 Å². The third-order valence-corrected chi connectivity index (χ3v) is 2.86. The van der Waals surface area contributed by atoms with E-state index >= 15 is 0 Å². The van der Waals surface area contributed by atoms with Gasteiger partial charge in [0.1, 0.15) is 0 Å². The van der Waals surface area contributed by atoms with Crippen molar-refractivity contribution >= 4 is 0 Å². The van der Waals surface area contributed by atoms with Crippen molar-refractivity contribution < 1.29 is 4.42 Å². The number of hydrogen-bond acceptors (Lipinski definition) is 4. The van der Waals surface area contributed by atoms with Crippen molar-refractivity contribution in [2.45, 2.75) is 52.1 Å². The van der Waals surface area contributed by atoms with Gasteiger partial charge in [-0.25, -0.2) is 0 Å². The minimum Gasteiger partial charge on any atom is -0.424 e. The molecule has 0 aromatic carbocycles. The Labute approximate surface area is 90.5 Å². The van der Waals surface area contributed by atoms with E-state index in [-0.39, 0.29) is 0 Å². The van der Waals surface area contributed by atoms with Gasteiger partial charge in [-0.05, 0) is 18.8 Å². The zero-order chi connectivity index (χ0) is 10.8. The Morgan fingerprint density at radius 3 is 2.67 bits per heavy atom. The molecule has 0 radical (unpaired) electrons. The maximum Gasteiger partial charge on any atom is 0.230 e. The summed E-state index contributed by atoms with van der Waals surface area (Å²) in [5.74, 6) is 2.71. The molecule has 1 unspecified atom stereocenters. The van der Waals surface area contributed by atoms with E-state index in [1.807, 2.05) is 0 Å². The summed E-state index contributed by atoms with van der Waals surface area (Å²) in [7, 11) is 0. The third-order valence-electron chi connectivity index (χ3n) is 2.86. The van der Waals surface area contributed by atoms with Crippen LogP contribution in [0.4, 0.5) is 0 Å². The molecule has 1 aromatic rings. The average Bonchev–Trinajstić information content (AvgIpc) is 2.93. The molecule has 1 saturated carbocycles. The molecule has 1 fully saturated rings. The summed E-state index contributed by atoms with van der Waals surface area (Å²) in [6.07, 6.45) is 2.62. The van der Waals surface area contributed by atoms with Gasteiger partial charge in [-0.1, -0.05) is 20.8 Å². The number of nitrogens with zero attached hydrogens (tertiary/aromatic N) is 2. The topological polar surface area (TPSA) is 51.0 Å². The Morgan fingerprint density at radius 2 is 2.07 bits per heavy atom. The van der Waals surface area contributed by atoms with Crippen molar-refractivity contribution in [1.29, 1.82) is 0 Å². The minimum atomic E-state index is 0.435. The number of rotatable bonds is 5. The average molecular weight is 209 g/mol. The van der Waals surface area contributed by atoms with Gasteiger partial charge in [-0.15, -0.1) is 10.2 Å². The van der Waals surface area contributed by atoms with Gasteiger partial charge in [0.25, 0.3) is 0 Å². The van der Waals surface area contributed by atoms with Crippen LogP contribution >= 0.6 is 0 Å². The third kappa shape index (κ3) is 2.78. The highest BCUT2D eigenvalue weighted by Gasteiger charge is 2.32. The van der Waals surface area contributed by atoms with Gasteiger partial charge >= 0.3 is 0 Å². The van der Waals surface area contributed by atoms with E-state index in [4.69, 9.17) is 4.42 Å². The van der Waals surface area contributed by atoms with Crippen molar-refractivity contribution in [2.24, 2.45) is 5.92 Å². The maximum atomic E-state index is 5.61. The van der Waals surface area contributed by atoms with Crippen LogP contribution in [0.5, 0.6) is 0 Å².